The number of aryl methyl sites for hydroxylation is 1. The Balaban J connectivity index is 1.48. The van der Waals surface area contributed by atoms with E-state index in [0.717, 1.165) is 32.2 Å². The summed E-state index contributed by atoms with van der Waals surface area (Å²) in [6.45, 7) is 3.24. The number of hydrogen-bond donors (Lipinski definition) is 1. The van der Waals surface area contributed by atoms with Crippen molar-refractivity contribution >= 4 is 15.9 Å². The summed E-state index contributed by atoms with van der Waals surface area (Å²) >= 11 is 0. The quantitative estimate of drug-likeness (QED) is 0.627. The highest BCUT2D eigenvalue weighted by atomic mass is 32.2. The number of nitrogens with one attached hydrogen (secondary N) is 1. The predicted molar refractivity (Wildman–Crippen MR) is 117 cm³/mol. The number of carbonyl (C=O) groups is 1. The molecule has 1 aliphatic rings. The number of carbonyl (C=O) groups excluding carboxylic acids is 1. The van der Waals surface area contributed by atoms with Gasteiger partial charge in [0.05, 0.1) is 11.5 Å². The number of likely N-dealkylation sites (tertiary alicyclic amines) is 1. The molecule has 0 bridgehead atoms. The first kappa shape index (κ1) is 22.3. The van der Waals surface area contributed by atoms with Crippen LogP contribution in [0, 0.1) is 0 Å². The van der Waals surface area contributed by atoms with E-state index in [2.05, 4.69) is 16.9 Å². The van der Waals surface area contributed by atoms with Crippen LogP contribution in [0.15, 0.2) is 59.5 Å². The molecule has 1 N–H and O–H groups in total. The highest BCUT2D eigenvalue weighted by Gasteiger charge is 2.28. The topological polar surface area (TPSA) is 75.7 Å². The fourth-order valence-corrected chi connectivity index (χ4v) is 4.87. The van der Waals surface area contributed by atoms with Crippen LogP contribution in [0.25, 0.3) is 0 Å². The minimum Gasteiger partial charge on any atom is -0.494 e. The summed E-state index contributed by atoms with van der Waals surface area (Å²) < 4.78 is 32.8. The lowest BCUT2D eigenvalue weighted by molar-refractivity contribution is -0.131. The minimum absolute atomic E-state index is 0.0138. The zero-order valence-corrected chi connectivity index (χ0v) is 18.2. The second kappa shape index (κ2) is 10.6. The van der Waals surface area contributed by atoms with E-state index < -0.39 is 10.0 Å². The van der Waals surface area contributed by atoms with Gasteiger partial charge < -0.3 is 9.64 Å². The number of ether oxygens (including phenoxy) is 1. The summed E-state index contributed by atoms with van der Waals surface area (Å²) in [5.41, 5.74) is 1.28. The second-order valence-electron chi connectivity index (χ2n) is 7.46. The highest BCUT2D eigenvalue weighted by Crippen LogP contribution is 2.23. The smallest absolute Gasteiger partial charge is 0.240 e. The number of sulfonamides is 1. The normalized spacial score (nSPS) is 16.6. The molecule has 1 saturated heterocycles. The fraction of sp³-hybridized carbons (Fsp3) is 0.435. The summed E-state index contributed by atoms with van der Waals surface area (Å²) in [6, 6.07) is 16.8. The third kappa shape index (κ3) is 6.06. The molecule has 3 rings (SSSR count). The third-order valence-electron chi connectivity index (χ3n) is 5.38. The molecule has 1 aliphatic heterocycles. The molecule has 7 heteroatoms. The molecule has 0 spiro atoms. The van der Waals surface area contributed by atoms with Gasteiger partial charge in [0.15, 0.2) is 0 Å². The van der Waals surface area contributed by atoms with Crippen LogP contribution >= 0.6 is 0 Å². The van der Waals surface area contributed by atoms with E-state index >= 15 is 0 Å². The Labute approximate surface area is 179 Å². The van der Waals surface area contributed by atoms with Gasteiger partial charge >= 0.3 is 0 Å². The van der Waals surface area contributed by atoms with Crippen molar-refractivity contribution in [2.75, 3.05) is 19.7 Å². The zero-order chi connectivity index (χ0) is 21.4. The molecular formula is C23H30N2O4S. The molecule has 30 heavy (non-hydrogen) atoms. The van der Waals surface area contributed by atoms with Gasteiger partial charge in [0, 0.05) is 25.6 Å². The van der Waals surface area contributed by atoms with Gasteiger partial charge in [-0.2, -0.15) is 0 Å². The number of benzene rings is 2. The summed E-state index contributed by atoms with van der Waals surface area (Å²) in [6.07, 6.45) is 4.06. The van der Waals surface area contributed by atoms with Crippen molar-refractivity contribution in [3.05, 3.63) is 60.2 Å². The molecule has 0 aliphatic carbocycles. The lowest BCUT2D eigenvalue weighted by Crippen LogP contribution is -2.38. The number of hydrogen-bond acceptors (Lipinski definition) is 4. The standard InChI is InChI=1S/C23H30N2O4S/c1-2-29-21-12-14-22(15-13-21)30(27,28)24-17-16-23(26)25-18-6-9-20(25)11-10-19-7-4-3-5-8-19/h3-5,7-8,12-15,20,24H,2,6,9-11,16-18H2,1H3. The Morgan fingerprint density at radius 1 is 1.13 bits per heavy atom. The van der Waals surface area contributed by atoms with E-state index in [9.17, 15) is 13.2 Å². The van der Waals surface area contributed by atoms with Gasteiger partial charge in [-0.1, -0.05) is 30.3 Å². The Morgan fingerprint density at radius 3 is 2.57 bits per heavy atom. The van der Waals surface area contributed by atoms with Gasteiger partial charge in [0.1, 0.15) is 5.75 Å². The van der Waals surface area contributed by atoms with E-state index in [-0.39, 0.29) is 29.8 Å². The van der Waals surface area contributed by atoms with Crippen molar-refractivity contribution < 1.29 is 17.9 Å². The van der Waals surface area contributed by atoms with Gasteiger partial charge in [-0.15, -0.1) is 0 Å². The zero-order valence-electron chi connectivity index (χ0n) is 17.4. The monoisotopic (exact) mass is 430 g/mol. The Hall–Kier alpha value is -2.38. The third-order valence-corrected chi connectivity index (χ3v) is 6.86. The first-order valence-electron chi connectivity index (χ1n) is 10.6. The second-order valence-corrected chi connectivity index (χ2v) is 9.23. The van der Waals surface area contributed by atoms with Crippen LogP contribution in [0.4, 0.5) is 0 Å². The van der Waals surface area contributed by atoms with Crippen LogP contribution in [0.5, 0.6) is 5.75 Å². The Morgan fingerprint density at radius 2 is 1.87 bits per heavy atom. The van der Waals surface area contributed by atoms with Crippen LogP contribution < -0.4 is 9.46 Å². The summed E-state index contributed by atoms with van der Waals surface area (Å²) in [4.78, 5) is 14.8. The first-order valence-corrected chi connectivity index (χ1v) is 12.0. The number of nitrogens with zero attached hydrogens (tertiary/aromatic N) is 1. The van der Waals surface area contributed by atoms with E-state index in [0.29, 0.717) is 12.4 Å². The maximum atomic E-state index is 12.7. The molecule has 1 amide bonds. The first-order chi connectivity index (χ1) is 14.5. The molecule has 2 aromatic carbocycles. The van der Waals surface area contributed by atoms with Crippen molar-refractivity contribution in [3.63, 3.8) is 0 Å². The van der Waals surface area contributed by atoms with Crippen LogP contribution in [0.2, 0.25) is 0 Å². The fourth-order valence-electron chi connectivity index (χ4n) is 3.84. The maximum Gasteiger partial charge on any atom is 0.240 e. The molecule has 1 fully saturated rings. The molecule has 2 aromatic rings. The van der Waals surface area contributed by atoms with Crippen LogP contribution in [-0.4, -0.2) is 45.0 Å². The van der Waals surface area contributed by atoms with Gasteiger partial charge in [-0.25, -0.2) is 13.1 Å². The van der Waals surface area contributed by atoms with E-state index in [1.807, 2.05) is 30.0 Å². The van der Waals surface area contributed by atoms with Crippen molar-refractivity contribution in [1.82, 2.24) is 9.62 Å². The maximum absolute atomic E-state index is 12.7. The molecule has 0 saturated carbocycles. The molecule has 0 aromatic heterocycles. The van der Waals surface area contributed by atoms with Crippen molar-refractivity contribution in [2.24, 2.45) is 0 Å². The Bertz CT molecular complexity index is 914. The van der Waals surface area contributed by atoms with Crippen molar-refractivity contribution in [2.45, 2.75) is 50.0 Å². The molecule has 1 unspecified atom stereocenters. The number of rotatable bonds is 10. The lowest BCUT2D eigenvalue weighted by Gasteiger charge is -2.25. The largest absolute Gasteiger partial charge is 0.494 e. The van der Waals surface area contributed by atoms with Crippen LogP contribution in [0.3, 0.4) is 0 Å². The molecule has 162 valence electrons. The SMILES string of the molecule is CCOc1ccc(S(=O)(=O)NCCC(=O)N2CCCC2CCc2ccccc2)cc1. The Kier molecular flexibility index (Phi) is 7.87. The molecule has 1 heterocycles. The average molecular weight is 431 g/mol. The lowest BCUT2D eigenvalue weighted by atomic mass is 10.0. The van der Waals surface area contributed by atoms with Crippen molar-refractivity contribution in [1.29, 1.82) is 0 Å². The average Bonchev–Trinajstić information content (AvgIpc) is 3.22. The molecular weight excluding hydrogens is 400 g/mol. The molecule has 6 nitrogen and oxygen atoms in total. The highest BCUT2D eigenvalue weighted by molar-refractivity contribution is 7.89. The van der Waals surface area contributed by atoms with Crippen LogP contribution in [-0.2, 0) is 21.2 Å². The predicted octanol–water partition coefficient (Wildman–Crippen LogP) is 3.38. The van der Waals surface area contributed by atoms with E-state index in [1.54, 1.807) is 12.1 Å². The van der Waals surface area contributed by atoms with Crippen molar-refractivity contribution in [3.8, 4) is 5.75 Å². The van der Waals surface area contributed by atoms with E-state index in [4.69, 9.17) is 4.74 Å². The number of amides is 1. The van der Waals surface area contributed by atoms with Crippen LogP contribution in [0.1, 0.15) is 38.2 Å². The van der Waals surface area contributed by atoms with Gasteiger partial charge in [0.2, 0.25) is 15.9 Å². The minimum atomic E-state index is -3.65. The molecule has 0 radical (unpaired) electrons. The summed E-state index contributed by atoms with van der Waals surface area (Å²) in [5.74, 6) is 0.641. The van der Waals surface area contributed by atoms with Gasteiger partial charge in [-0.05, 0) is 62.4 Å². The summed E-state index contributed by atoms with van der Waals surface area (Å²) in [5, 5.41) is 0. The molecule has 1 atom stereocenters. The van der Waals surface area contributed by atoms with Gasteiger partial charge in [-0.3, -0.25) is 4.79 Å². The van der Waals surface area contributed by atoms with Gasteiger partial charge in [0.25, 0.3) is 0 Å². The summed E-state index contributed by atoms with van der Waals surface area (Å²) in [7, 11) is -3.65. The van der Waals surface area contributed by atoms with E-state index in [1.165, 1.54) is 17.7 Å².